The minimum atomic E-state index is -1.22. The van der Waals surface area contributed by atoms with Crippen molar-refractivity contribution >= 4 is 11.9 Å². The van der Waals surface area contributed by atoms with E-state index >= 15 is 0 Å². The van der Waals surface area contributed by atoms with Crippen molar-refractivity contribution in [2.24, 2.45) is 5.41 Å². The van der Waals surface area contributed by atoms with Crippen LogP contribution in [0.3, 0.4) is 0 Å². The number of carbonyl (C=O) groups is 2. The summed E-state index contributed by atoms with van der Waals surface area (Å²) in [6.07, 6.45) is 0.424. The molecule has 122 valence electrons. The highest BCUT2D eigenvalue weighted by Crippen LogP contribution is 2.65. The van der Waals surface area contributed by atoms with Crippen molar-refractivity contribution in [3.8, 4) is 5.75 Å². The Bertz CT molecular complexity index is 798. The molecular formula is C20H18O4. The molecule has 4 rings (SSSR count). The van der Waals surface area contributed by atoms with Crippen molar-refractivity contribution in [3.05, 3.63) is 65.7 Å². The molecule has 1 aliphatic carbocycles. The van der Waals surface area contributed by atoms with E-state index in [0.29, 0.717) is 12.2 Å². The summed E-state index contributed by atoms with van der Waals surface area (Å²) >= 11 is 0. The van der Waals surface area contributed by atoms with Gasteiger partial charge in [0.25, 0.3) is 0 Å². The Labute approximate surface area is 140 Å². The Morgan fingerprint density at radius 1 is 1.17 bits per heavy atom. The highest BCUT2D eigenvalue weighted by atomic mass is 16.6. The number of hydrogen-bond acceptors (Lipinski definition) is 4. The Hall–Kier alpha value is -2.62. The molecule has 0 spiro atoms. The summed E-state index contributed by atoms with van der Waals surface area (Å²) in [5.74, 6) is -0.549. The second-order valence-electron chi connectivity index (χ2n) is 6.32. The zero-order valence-electron chi connectivity index (χ0n) is 13.4. The van der Waals surface area contributed by atoms with E-state index in [1.165, 1.54) is 0 Å². The molecule has 2 aromatic rings. The molecule has 2 aliphatic rings. The lowest BCUT2D eigenvalue weighted by molar-refractivity contribution is -0.180. The molecular weight excluding hydrogens is 304 g/mol. The molecule has 0 N–H and O–H groups in total. The van der Waals surface area contributed by atoms with Gasteiger partial charge in [0.2, 0.25) is 0 Å². The zero-order valence-corrected chi connectivity index (χ0v) is 13.4. The highest BCUT2D eigenvalue weighted by molar-refractivity contribution is 6.05. The van der Waals surface area contributed by atoms with Crippen LogP contribution in [0.15, 0.2) is 54.6 Å². The minimum absolute atomic E-state index is 0.101. The van der Waals surface area contributed by atoms with Crippen LogP contribution in [0.5, 0.6) is 5.75 Å². The molecule has 0 radical (unpaired) electrons. The molecule has 0 bridgehead atoms. The predicted molar refractivity (Wildman–Crippen MR) is 87.7 cm³/mol. The molecule has 0 aromatic heterocycles. The first-order chi connectivity index (χ1) is 11.7. The monoisotopic (exact) mass is 322 g/mol. The smallest absolute Gasteiger partial charge is 0.329 e. The average molecular weight is 322 g/mol. The lowest BCUT2D eigenvalue weighted by atomic mass is 9.49. The summed E-state index contributed by atoms with van der Waals surface area (Å²) in [5.41, 5.74) is 0.822. The topological polar surface area (TPSA) is 52.6 Å². The maximum absolute atomic E-state index is 12.7. The number of carbonyl (C=O) groups excluding carboxylic acids is 2. The Morgan fingerprint density at radius 3 is 2.62 bits per heavy atom. The largest absolute Gasteiger partial charge is 0.465 e. The molecule has 1 saturated carbocycles. The second-order valence-corrected chi connectivity index (χ2v) is 6.32. The molecule has 4 heteroatoms. The number of ether oxygens (including phenoxy) is 2. The van der Waals surface area contributed by atoms with E-state index in [4.69, 9.17) is 9.47 Å². The van der Waals surface area contributed by atoms with Crippen LogP contribution < -0.4 is 4.74 Å². The summed E-state index contributed by atoms with van der Waals surface area (Å²) in [5, 5.41) is 0. The summed E-state index contributed by atoms with van der Waals surface area (Å²) in [6, 6.07) is 17.5. The van der Waals surface area contributed by atoms with Gasteiger partial charge in [-0.05, 0) is 30.9 Å². The molecule has 1 fully saturated rings. The molecule has 4 nitrogen and oxygen atoms in total. The summed E-state index contributed by atoms with van der Waals surface area (Å²) in [4.78, 5) is 25.4. The Morgan fingerprint density at radius 2 is 1.88 bits per heavy atom. The third-order valence-electron chi connectivity index (χ3n) is 5.16. The van der Waals surface area contributed by atoms with E-state index in [0.717, 1.165) is 11.1 Å². The standard InChI is InChI=1S/C20H18O4/c1-2-23-18(21)20-12-15(13-8-4-3-5-9-13)17(20)14-10-6-7-11-16(14)24-19(20)22/h3-11,15,17H,2,12H2,1H3/t15-,17+,20-/m1/s1. The maximum Gasteiger partial charge on any atom is 0.329 e. The summed E-state index contributed by atoms with van der Waals surface area (Å²) < 4.78 is 10.7. The molecule has 0 amide bonds. The van der Waals surface area contributed by atoms with Crippen molar-refractivity contribution < 1.29 is 19.1 Å². The lowest BCUT2D eigenvalue weighted by Gasteiger charge is -2.53. The van der Waals surface area contributed by atoms with Gasteiger partial charge in [0.15, 0.2) is 5.41 Å². The van der Waals surface area contributed by atoms with Crippen molar-refractivity contribution in [2.45, 2.75) is 25.2 Å². The van der Waals surface area contributed by atoms with Gasteiger partial charge in [-0.3, -0.25) is 9.59 Å². The van der Waals surface area contributed by atoms with E-state index in [1.807, 2.05) is 48.5 Å². The number of para-hydroxylation sites is 1. The van der Waals surface area contributed by atoms with Crippen molar-refractivity contribution in [3.63, 3.8) is 0 Å². The van der Waals surface area contributed by atoms with Crippen LogP contribution in [0.25, 0.3) is 0 Å². The number of fused-ring (bicyclic) bond motifs is 3. The van der Waals surface area contributed by atoms with E-state index < -0.39 is 17.4 Å². The summed E-state index contributed by atoms with van der Waals surface area (Å²) in [6.45, 7) is 2.00. The Balaban J connectivity index is 1.83. The quantitative estimate of drug-likeness (QED) is 0.493. The van der Waals surface area contributed by atoms with Gasteiger partial charge in [-0.15, -0.1) is 0 Å². The maximum atomic E-state index is 12.7. The first-order valence-corrected chi connectivity index (χ1v) is 8.22. The van der Waals surface area contributed by atoms with Crippen molar-refractivity contribution in [2.75, 3.05) is 6.61 Å². The van der Waals surface area contributed by atoms with E-state index in [9.17, 15) is 9.59 Å². The van der Waals surface area contributed by atoms with E-state index in [2.05, 4.69) is 0 Å². The lowest BCUT2D eigenvalue weighted by Crippen LogP contribution is -2.59. The van der Waals surface area contributed by atoms with Crippen LogP contribution >= 0.6 is 0 Å². The van der Waals surface area contributed by atoms with Crippen molar-refractivity contribution in [1.82, 2.24) is 0 Å². The third-order valence-corrected chi connectivity index (χ3v) is 5.16. The fourth-order valence-corrected chi connectivity index (χ4v) is 4.05. The molecule has 1 aliphatic heterocycles. The van der Waals surface area contributed by atoms with Gasteiger partial charge in [-0.1, -0.05) is 48.5 Å². The number of benzene rings is 2. The average Bonchev–Trinajstić information content (AvgIpc) is 2.56. The van der Waals surface area contributed by atoms with Crippen LogP contribution in [0.4, 0.5) is 0 Å². The van der Waals surface area contributed by atoms with Gasteiger partial charge >= 0.3 is 11.9 Å². The minimum Gasteiger partial charge on any atom is -0.465 e. The van der Waals surface area contributed by atoms with Crippen LogP contribution in [0.2, 0.25) is 0 Å². The van der Waals surface area contributed by atoms with Gasteiger partial charge in [0.05, 0.1) is 6.61 Å². The van der Waals surface area contributed by atoms with Gasteiger partial charge in [0.1, 0.15) is 5.75 Å². The molecule has 0 saturated heterocycles. The fourth-order valence-electron chi connectivity index (χ4n) is 4.05. The van der Waals surface area contributed by atoms with Crippen LogP contribution in [-0.4, -0.2) is 18.5 Å². The van der Waals surface area contributed by atoms with Crippen molar-refractivity contribution in [1.29, 1.82) is 0 Å². The molecule has 0 unspecified atom stereocenters. The summed E-state index contributed by atoms with van der Waals surface area (Å²) in [7, 11) is 0. The molecule has 2 aromatic carbocycles. The van der Waals surface area contributed by atoms with E-state index in [1.54, 1.807) is 13.0 Å². The Kier molecular flexibility index (Phi) is 3.41. The van der Waals surface area contributed by atoms with Gasteiger partial charge in [0, 0.05) is 11.5 Å². The van der Waals surface area contributed by atoms with Gasteiger partial charge in [-0.2, -0.15) is 0 Å². The second kappa shape index (κ2) is 5.48. The van der Waals surface area contributed by atoms with Crippen LogP contribution in [0.1, 0.15) is 36.3 Å². The molecule has 24 heavy (non-hydrogen) atoms. The number of hydrogen-bond donors (Lipinski definition) is 0. The number of esters is 2. The predicted octanol–water partition coefficient (Wildman–Crippen LogP) is 3.43. The van der Waals surface area contributed by atoms with Crippen LogP contribution in [-0.2, 0) is 14.3 Å². The van der Waals surface area contributed by atoms with Gasteiger partial charge < -0.3 is 9.47 Å². The normalized spacial score (nSPS) is 27.3. The molecule has 1 heterocycles. The first-order valence-electron chi connectivity index (χ1n) is 8.22. The SMILES string of the molecule is CCOC(=O)[C@@]12C[C@H](c3ccccc3)[C@@H]1c1ccccc1OC2=O. The van der Waals surface area contributed by atoms with Gasteiger partial charge in [-0.25, -0.2) is 0 Å². The fraction of sp³-hybridized carbons (Fsp3) is 0.300. The van der Waals surface area contributed by atoms with E-state index in [-0.39, 0.29) is 18.4 Å². The zero-order chi connectivity index (χ0) is 16.7. The highest BCUT2D eigenvalue weighted by Gasteiger charge is 2.68. The molecule has 3 atom stereocenters. The first kappa shape index (κ1) is 14.9. The van der Waals surface area contributed by atoms with Crippen LogP contribution in [0, 0.1) is 5.41 Å². The third kappa shape index (κ3) is 1.92. The number of rotatable bonds is 3.